The summed E-state index contributed by atoms with van der Waals surface area (Å²) in [5.41, 5.74) is 14.7. The van der Waals surface area contributed by atoms with Crippen LogP contribution >= 0.6 is 0 Å². The lowest BCUT2D eigenvalue weighted by atomic mass is 9.68. The standard InChI is InChI=1S/C57H39N5O/c1-3-15-35(16-4-1)36-26-28-50-44(31-36)39-18-6-10-22-48(39)61(50)55-58-54(37-25-27-42-41-20-8-12-24-52(41)63-53(42)32-37)59-56(60-55)62-49-23-11-7-19-40(49)45-33-43-38-17-5-9-21-46(38)57(29-13-2-14-30-57)47(43)34-51(45)62/h1,3-12,15-28,31-34H,2,13-14,29-30H2. The summed E-state index contributed by atoms with van der Waals surface area (Å²) in [7, 11) is 0. The number of rotatable bonds is 4. The van der Waals surface area contributed by atoms with Crippen LogP contribution in [0.5, 0.6) is 0 Å². The Bertz CT molecular complexity index is 3850. The third-order valence-electron chi connectivity index (χ3n) is 14.2. The van der Waals surface area contributed by atoms with Gasteiger partial charge >= 0.3 is 0 Å². The van der Waals surface area contributed by atoms with E-state index in [1.54, 1.807) is 0 Å². The third-order valence-corrected chi connectivity index (χ3v) is 14.2. The van der Waals surface area contributed by atoms with Crippen LogP contribution in [0.3, 0.4) is 0 Å². The molecule has 0 N–H and O–H groups in total. The Balaban J connectivity index is 1.06. The van der Waals surface area contributed by atoms with Gasteiger partial charge < -0.3 is 4.42 Å². The summed E-state index contributed by atoms with van der Waals surface area (Å²) in [6.07, 6.45) is 6.07. The van der Waals surface area contributed by atoms with Crippen LogP contribution in [0, 0.1) is 0 Å². The van der Waals surface area contributed by atoms with Gasteiger partial charge in [0, 0.05) is 43.3 Å². The number of aromatic nitrogens is 5. The molecule has 2 aliphatic carbocycles. The van der Waals surface area contributed by atoms with Crippen molar-refractivity contribution in [2.24, 2.45) is 0 Å². The largest absolute Gasteiger partial charge is 0.456 e. The van der Waals surface area contributed by atoms with Gasteiger partial charge in [-0.25, -0.2) is 0 Å². The fourth-order valence-electron chi connectivity index (χ4n) is 11.4. The number of hydrogen-bond acceptors (Lipinski definition) is 4. The van der Waals surface area contributed by atoms with Crippen LogP contribution in [-0.2, 0) is 5.41 Å². The summed E-state index contributed by atoms with van der Waals surface area (Å²) >= 11 is 0. The molecule has 1 spiro atoms. The Labute approximate surface area is 362 Å². The molecule has 4 heterocycles. The second-order valence-corrected chi connectivity index (χ2v) is 17.5. The highest BCUT2D eigenvalue weighted by molar-refractivity contribution is 6.12. The van der Waals surface area contributed by atoms with Gasteiger partial charge in [0.1, 0.15) is 11.2 Å². The average molecular weight is 810 g/mol. The van der Waals surface area contributed by atoms with Crippen LogP contribution in [0.25, 0.3) is 111 Å². The van der Waals surface area contributed by atoms with Crippen LogP contribution in [0.4, 0.5) is 0 Å². The maximum atomic E-state index is 6.44. The summed E-state index contributed by atoms with van der Waals surface area (Å²) in [5.74, 6) is 1.71. The van der Waals surface area contributed by atoms with Gasteiger partial charge in [-0.1, -0.05) is 141 Å². The number of hydrogen-bond donors (Lipinski definition) is 0. The van der Waals surface area contributed by atoms with Crippen molar-refractivity contribution in [3.8, 4) is 45.5 Å². The lowest BCUT2D eigenvalue weighted by Gasteiger charge is -2.36. The second kappa shape index (κ2) is 13.1. The van der Waals surface area contributed by atoms with Gasteiger partial charge in [-0.2, -0.15) is 15.0 Å². The van der Waals surface area contributed by atoms with E-state index < -0.39 is 0 Å². The molecule has 14 rings (SSSR count). The van der Waals surface area contributed by atoms with Gasteiger partial charge in [0.25, 0.3) is 0 Å². The molecule has 0 saturated heterocycles. The first-order valence-corrected chi connectivity index (χ1v) is 22.1. The van der Waals surface area contributed by atoms with Crippen LogP contribution in [-0.4, -0.2) is 24.1 Å². The fraction of sp³-hybridized carbons (Fsp3) is 0.105. The van der Waals surface area contributed by atoms with E-state index >= 15 is 0 Å². The van der Waals surface area contributed by atoms with Gasteiger partial charge in [0.15, 0.2) is 5.82 Å². The zero-order chi connectivity index (χ0) is 41.2. The highest BCUT2D eigenvalue weighted by atomic mass is 16.3. The Morgan fingerprint density at radius 1 is 0.381 bits per heavy atom. The molecule has 0 atom stereocenters. The van der Waals surface area contributed by atoms with Gasteiger partial charge in [-0.15, -0.1) is 0 Å². The van der Waals surface area contributed by atoms with E-state index in [9.17, 15) is 0 Å². The second-order valence-electron chi connectivity index (χ2n) is 17.5. The zero-order valence-electron chi connectivity index (χ0n) is 34.4. The van der Waals surface area contributed by atoms with Crippen LogP contribution < -0.4 is 0 Å². The number of fused-ring (bicyclic) bond motifs is 14. The molecule has 6 nitrogen and oxygen atoms in total. The minimum atomic E-state index is -0.00135. The van der Waals surface area contributed by atoms with Crippen LogP contribution in [0.2, 0.25) is 0 Å². The molecule has 0 bridgehead atoms. The van der Waals surface area contributed by atoms with Gasteiger partial charge in [0.2, 0.25) is 11.9 Å². The molecule has 298 valence electrons. The lowest BCUT2D eigenvalue weighted by molar-refractivity contribution is 0.353. The SMILES string of the molecule is c1ccc(-c2ccc3c(c2)c2ccccc2n3-c2nc(-c3ccc4c(c3)oc3ccccc34)nc(-n3c4ccccc4c4cc5c(cc43)C3(CCCCC3)c3ccccc3-5)n2)cc1. The minimum Gasteiger partial charge on any atom is -0.456 e. The molecular formula is C57H39N5O. The number of nitrogens with zero attached hydrogens (tertiary/aromatic N) is 5. The summed E-state index contributed by atoms with van der Waals surface area (Å²) in [4.78, 5) is 16.4. The Kier molecular flexibility index (Phi) is 7.24. The molecule has 4 aromatic heterocycles. The van der Waals surface area contributed by atoms with Crippen molar-refractivity contribution in [2.75, 3.05) is 0 Å². The molecule has 1 fully saturated rings. The molecule has 12 aromatic rings. The molecule has 0 amide bonds. The van der Waals surface area contributed by atoms with Crippen LogP contribution in [0.1, 0.15) is 43.2 Å². The van der Waals surface area contributed by atoms with E-state index in [1.165, 1.54) is 57.9 Å². The van der Waals surface area contributed by atoms with Crippen molar-refractivity contribution < 1.29 is 4.42 Å². The lowest BCUT2D eigenvalue weighted by Crippen LogP contribution is -2.28. The van der Waals surface area contributed by atoms with Crippen molar-refractivity contribution in [1.29, 1.82) is 0 Å². The molecule has 0 aliphatic heterocycles. The van der Waals surface area contributed by atoms with E-state index in [4.69, 9.17) is 19.4 Å². The van der Waals surface area contributed by atoms with E-state index in [0.717, 1.165) is 78.7 Å². The van der Waals surface area contributed by atoms with Gasteiger partial charge in [-0.05, 0) is 101 Å². The first-order valence-electron chi connectivity index (χ1n) is 22.1. The van der Waals surface area contributed by atoms with Crippen molar-refractivity contribution in [3.63, 3.8) is 0 Å². The molecule has 0 radical (unpaired) electrons. The predicted octanol–water partition coefficient (Wildman–Crippen LogP) is 14.5. The summed E-state index contributed by atoms with van der Waals surface area (Å²) in [6, 6.07) is 63.2. The predicted molar refractivity (Wildman–Crippen MR) is 256 cm³/mol. The number of para-hydroxylation sites is 3. The summed E-state index contributed by atoms with van der Waals surface area (Å²) in [5, 5.41) is 6.81. The molecule has 6 heteroatoms. The monoisotopic (exact) mass is 809 g/mol. The maximum absolute atomic E-state index is 6.44. The topological polar surface area (TPSA) is 61.7 Å². The highest BCUT2D eigenvalue weighted by Crippen LogP contribution is 2.57. The first kappa shape index (κ1) is 34.8. The average Bonchev–Trinajstić information content (AvgIpc) is 4.06. The van der Waals surface area contributed by atoms with Crippen molar-refractivity contribution >= 4 is 65.6 Å². The minimum absolute atomic E-state index is 0.00135. The third kappa shape index (κ3) is 4.97. The molecule has 2 aliphatic rings. The van der Waals surface area contributed by atoms with Gasteiger partial charge in [-0.3, -0.25) is 9.13 Å². The Morgan fingerprint density at radius 2 is 1.00 bits per heavy atom. The van der Waals surface area contributed by atoms with E-state index in [-0.39, 0.29) is 5.41 Å². The van der Waals surface area contributed by atoms with Crippen molar-refractivity contribution in [3.05, 3.63) is 187 Å². The zero-order valence-corrected chi connectivity index (χ0v) is 34.4. The summed E-state index contributed by atoms with van der Waals surface area (Å²) in [6.45, 7) is 0. The maximum Gasteiger partial charge on any atom is 0.240 e. The first-order chi connectivity index (χ1) is 31.2. The van der Waals surface area contributed by atoms with E-state index in [1.807, 2.05) is 12.1 Å². The smallest absolute Gasteiger partial charge is 0.240 e. The van der Waals surface area contributed by atoms with Crippen molar-refractivity contribution in [2.45, 2.75) is 37.5 Å². The van der Waals surface area contributed by atoms with Crippen molar-refractivity contribution in [1.82, 2.24) is 24.1 Å². The molecule has 8 aromatic carbocycles. The quantitative estimate of drug-likeness (QED) is 0.178. The molecule has 1 saturated carbocycles. The Hall–Kier alpha value is -7.83. The summed E-state index contributed by atoms with van der Waals surface area (Å²) < 4.78 is 10.9. The van der Waals surface area contributed by atoms with E-state index in [2.05, 4.69) is 173 Å². The Morgan fingerprint density at radius 3 is 1.79 bits per heavy atom. The molecule has 63 heavy (non-hydrogen) atoms. The normalized spacial score (nSPS) is 14.5. The number of benzene rings is 8. The van der Waals surface area contributed by atoms with E-state index in [0.29, 0.717) is 17.7 Å². The fourth-order valence-corrected chi connectivity index (χ4v) is 11.4. The van der Waals surface area contributed by atoms with Gasteiger partial charge in [0.05, 0.1) is 22.1 Å². The highest BCUT2D eigenvalue weighted by Gasteiger charge is 2.44. The van der Waals surface area contributed by atoms with Crippen LogP contribution in [0.15, 0.2) is 180 Å². The molecule has 0 unspecified atom stereocenters. The molecular weight excluding hydrogens is 771 g/mol. The number of furan rings is 1.